The summed E-state index contributed by atoms with van der Waals surface area (Å²) in [5.41, 5.74) is 3.23. The summed E-state index contributed by atoms with van der Waals surface area (Å²) in [7, 11) is 0. The summed E-state index contributed by atoms with van der Waals surface area (Å²) in [4.78, 5) is 10.7. The lowest BCUT2D eigenvalue weighted by Crippen LogP contribution is -2.10. The van der Waals surface area contributed by atoms with E-state index in [0.717, 1.165) is 25.8 Å². The van der Waals surface area contributed by atoms with Gasteiger partial charge in [-0.1, -0.05) is 0 Å². The van der Waals surface area contributed by atoms with Crippen LogP contribution in [0.2, 0.25) is 0 Å². The minimum absolute atomic E-state index is 0.0751. The van der Waals surface area contributed by atoms with Crippen LogP contribution in [0.3, 0.4) is 0 Å². The van der Waals surface area contributed by atoms with Crippen molar-refractivity contribution in [3.05, 3.63) is 56.0 Å². The molecule has 0 aliphatic rings. The van der Waals surface area contributed by atoms with Gasteiger partial charge in [-0.05, 0) is 93.6 Å². The van der Waals surface area contributed by atoms with Crippen LogP contribution in [0, 0.1) is 11.3 Å². The highest BCUT2D eigenvalue weighted by Gasteiger charge is 2.11. The van der Waals surface area contributed by atoms with Crippen LogP contribution in [0.4, 0.5) is 5.69 Å². The fraction of sp³-hybridized carbons (Fsp3) is 0.300. The number of rotatable bonds is 8. The quantitative estimate of drug-likeness (QED) is 0.505. The first kappa shape index (κ1) is 21.3. The molecular formula is C20H20Br2N2O3. The second-order valence-corrected chi connectivity index (χ2v) is 8.11. The highest BCUT2D eigenvalue weighted by atomic mass is 79.9. The van der Waals surface area contributed by atoms with Crippen LogP contribution in [0.1, 0.15) is 37.0 Å². The van der Waals surface area contributed by atoms with E-state index in [-0.39, 0.29) is 12.5 Å². The minimum atomic E-state index is -0.828. The van der Waals surface area contributed by atoms with Gasteiger partial charge in [-0.3, -0.25) is 4.79 Å². The highest BCUT2D eigenvalue weighted by molar-refractivity contribution is 9.11. The summed E-state index contributed by atoms with van der Waals surface area (Å²) in [6.07, 6.45) is 0.521. The van der Waals surface area contributed by atoms with Gasteiger partial charge >= 0.3 is 5.97 Å². The molecule has 0 saturated carbocycles. The van der Waals surface area contributed by atoms with Crippen molar-refractivity contribution < 1.29 is 14.6 Å². The molecule has 0 radical (unpaired) electrons. The summed E-state index contributed by atoms with van der Waals surface area (Å²) >= 11 is 6.97. The number of benzene rings is 2. The zero-order valence-electron chi connectivity index (χ0n) is 15.1. The van der Waals surface area contributed by atoms with Crippen LogP contribution in [0.15, 0.2) is 39.3 Å². The molecule has 2 N–H and O–H groups in total. The number of hydrogen-bond donors (Lipinski definition) is 2. The summed E-state index contributed by atoms with van der Waals surface area (Å²) in [6, 6.07) is 11.7. The summed E-state index contributed by atoms with van der Waals surface area (Å²) in [5, 5.41) is 21.4. The largest absolute Gasteiger partial charge is 0.487 e. The number of carboxylic acid groups (broad SMARTS) is 1. The SMILES string of the molecule is CC(C)Nc1cc(C#N)cc(COc2c(Br)cc(CCC(=O)O)cc2Br)c1. The van der Waals surface area contributed by atoms with E-state index in [1.807, 2.05) is 38.1 Å². The van der Waals surface area contributed by atoms with Gasteiger partial charge in [-0.15, -0.1) is 0 Å². The third-order valence-electron chi connectivity index (χ3n) is 3.65. The molecule has 5 nitrogen and oxygen atoms in total. The lowest BCUT2D eigenvalue weighted by molar-refractivity contribution is -0.136. The van der Waals surface area contributed by atoms with Crippen LogP contribution in [0.5, 0.6) is 5.75 Å². The number of halogens is 2. The van der Waals surface area contributed by atoms with Crippen molar-refractivity contribution in [2.75, 3.05) is 5.32 Å². The van der Waals surface area contributed by atoms with Crippen LogP contribution in [-0.2, 0) is 17.8 Å². The van der Waals surface area contributed by atoms with Gasteiger partial charge in [-0.25, -0.2) is 0 Å². The monoisotopic (exact) mass is 494 g/mol. The Bertz CT molecular complexity index is 853. The van der Waals surface area contributed by atoms with E-state index in [9.17, 15) is 10.1 Å². The lowest BCUT2D eigenvalue weighted by Gasteiger charge is -2.15. The van der Waals surface area contributed by atoms with E-state index in [0.29, 0.717) is 24.3 Å². The van der Waals surface area contributed by atoms with Crippen LogP contribution < -0.4 is 10.1 Å². The van der Waals surface area contributed by atoms with Gasteiger partial charge in [0.25, 0.3) is 0 Å². The molecule has 2 aromatic rings. The van der Waals surface area contributed by atoms with Crippen molar-refractivity contribution in [3.8, 4) is 11.8 Å². The van der Waals surface area contributed by atoms with Crippen molar-refractivity contribution in [1.82, 2.24) is 0 Å². The third-order valence-corrected chi connectivity index (χ3v) is 4.82. The number of hydrogen-bond acceptors (Lipinski definition) is 4. The molecule has 0 aliphatic carbocycles. The Morgan fingerprint density at radius 3 is 2.41 bits per heavy atom. The molecule has 0 spiro atoms. The van der Waals surface area contributed by atoms with Crippen LogP contribution in [0.25, 0.3) is 0 Å². The number of carboxylic acids is 1. The first-order valence-electron chi connectivity index (χ1n) is 8.41. The Balaban J connectivity index is 2.16. The number of carbonyl (C=O) groups is 1. The van der Waals surface area contributed by atoms with Crippen LogP contribution in [-0.4, -0.2) is 17.1 Å². The number of ether oxygens (including phenoxy) is 1. The lowest BCUT2D eigenvalue weighted by atomic mass is 10.1. The Morgan fingerprint density at radius 2 is 1.85 bits per heavy atom. The molecule has 2 rings (SSSR count). The molecule has 0 fully saturated rings. The Labute approximate surface area is 175 Å². The number of aryl methyl sites for hydroxylation is 1. The molecule has 0 bridgehead atoms. The van der Waals surface area contributed by atoms with E-state index in [1.54, 1.807) is 6.07 Å². The molecule has 0 unspecified atom stereocenters. The van der Waals surface area contributed by atoms with Gasteiger partial charge in [-0.2, -0.15) is 5.26 Å². The summed E-state index contributed by atoms with van der Waals surface area (Å²) < 4.78 is 7.44. The molecule has 27 heavy (non-hydrogen) atoms. The number of nitriles is 1. The van der Waals surface area contributed by atoms with Crippen LogP contribution >= 0.6 is 31.9 Å². The van der Waals surface area contributed by atoms with Crippen molar-refractivity contribution in [3.63, 3.8) is 0 Å². The van der Waals surface area contributed by atoms with Crippen molar-refractivity contribution >= 4 is 43.5 Å². The topological polar surface area (TPSA) is 82.3 Å². The zero-order chi connectivity index (χ0) is 20.0. The normalized spacial score (nSPS) is 10.5. The average Bonchev–Trinajstić information content (AvgIpc) is 2.58. The van der Waals surface area contributed by atoms with E-state index in [1.165, 1.54) is 0 Å². The maximum absolute atomic E-state index is 10.7. The number of nitrogens with one attached hydrogen (secondary N) is 1. The summed E-state index contributed by atoms with van der Waals surface area (Å²) in [6.45, 7) is 4.37. The molecule has 0 saturated heterocycles. The van der Waals surface area contributed by atoms with Gasteiger partial charge in [0, 0.05) is 18.2 Å². The van der Waals surface area contributed by atoms with E-state index in [4.69, 9.17) is 9.84 Å². The standard InChI is InChI=1S/C20H20Br2N2O3/c1-12(2)24-16-6-14(10-23)5-15(7-16)11-27-20-17(21)8-13(9-18(20)22)3-4-19(25)26/h5-9,12,24H,3-4,11H2,1-2H3,(H,25,26). The Morgan fingerprint density at radius 1 is 1.19 bits per heavy atom. The second-order valence-electron chi connectivity index (χ2n) is 6.40. The highest BCUT2D eigenvalue weighted by Crippen LogP contribution is 2.36. The molecule has 0 amide bonds. The van der Waals surface area contributed by atoms with Crippen molar-refractivity contribution in [1.29, 1.82) is 5.26 Å². The van der Waals surface area contributed by atoms with Gasteiger partial charge in [0.15, 0.2) is 0 Å². The molecule has 142 valence electrons. The van der Waals surface area contributed by atoms with Gasteiger partial charge in [0.2, 0.25) is 0 Å². The first-order chi connectivity index (χ1) is 12.8. The fourth-order valence-electron chi connectivity index (χ4n) is 2.56. The molecule has 0 aromatic heterocycles. The van der Waals surface area contributed by atoms with Crippen molar-refractivity contribution in [2.24, 2.45) is 0 Å². The molecule has 0 aliphatic heterocycles. The number of anilines is 1. The van der Waals surface area contributed by atoms with Gasteiger partial charge < -0.3 is 15.2 Å². The average molecular weight is 496 g/mol. The van der Waals surface area contributed by atoms with Crippen molar-refractivity contribution in [2.45, 2.75) is 39.3 Å². The van der Waals surface area contributed by atoms with E-state index < -0.39 is 5.97 Å². The Kier molecular flexibility index (Phi) is 7.69. The molecular weight excluding hydrogens is 476 g/mol. The van der Waals surface area contributed by atoms with E-state index in [2.05, 4.69) is 43.2 Å². The molecule has 2 aromatic carbocycles. The predicted octanol–water partition coefficient (Wildman–Crippen LogP) is 5.50. The molecule has 7 heteroatoms. The second kappa shape index (κ2) is 9.77. The van der Waals surface area contributed by atoms with E-state index >= 15 is 0 Å². The maximum Gasteiger partial charge on any atom is 0.303 e. The third kappa shape index (κ3) is 6.56. The zero-order valence-corrected chi connectivity index (χ0v) is 18.2. The van der Waals surface area contributed by atoms with Gasteiger partial charge in [0.05, 0.1) is 20.6 Å². The fourth-order valence-corrected chi connectivity index (χ4v) is 4.07. The maximum atomic E-state index is 10.7. The predicted molar refractivity (Wildman–Crippen MR) is 112 cm³/mol. The smallest absolute Gasteiger partial charge is 0.303 e. The first-order valence-corrected chi connectivity index (χ1v) is 10.00. The summed E-state index contributed by atoms with van der Waals surface area (Å²) in [5.74, 6) is -0.194. The Hall–Kier alpha value is -2.04. The molecule has 0 heterocycles. The number of nitrogens with zero attached hydrogens (tertiary/aromatic N) is 1. The number of aliphatic carboxylic acids is 1. The molecule has 0 atom stereocenters. The van der Waals surface area contributed by atoms with Gasteiger partial charge in [0.1, 0.15) is 12.4 Å². The minimum Gasteiger partial charge on any atom is -0.487 e.